The van der Waals surface area contributed by atoms with Gasteiger partial charge in [0.15, 0.2) is 0 Å². The quantitative estimate of drug-likeness (QED) is 0.678. The summed E-state index contributed by atoms with van der Waals surface area (Å²) in [5.41, 5.74) is -1.09. The fraction of sp³-hybridized carbons (Fsp3) is 0.846. The minimum atomic E-state index is -1.09. The second-order valence-corrected chi connectivity index (χ2v) is 5.64. The Balaban J connectivity index is 2.00. The molecule has 0 spiro atoms. The van der Waals surface area contributed by atoms with Crippen molar-refractivity contribution in [2.24, 2.45) is 5.92 Å². The number of nitrogens with one attached hydrogen (secondary N) is 2. The van der Waals surface area contributed by atoms with Crippen LogP contribution in [0, 0.1) is 5.92 Å². The fourth-order valence-electron chi connectivity index (χ4n) is 2.70. The molecule has 1 aliphatic heterocycles. The summed E-state index contributed by atoms with van der Waals surface area (Å²) in [6, 6.07) is -0.440. The van der Waals surface area contributed by atoms with Crippen LogP contribution >= 0.6 is 0 Å². The average Bonchev–Trinajstić information content (AvgIpc) is 2.42. The maximum atomic E-state index is 12.1. The predicted molar refractivity (Wildman–Crippen MR) is 68.8 cm³/mol. The Morgan fingerprint density at radius 1 is 1.37 bits per heavy atom. The Bertz CT molecular complexity index is 345. The van der Waals surface area contributed by atoms with Crippen molar-refractivity contribution < 1.29 is 19.4 Å². The smallest absolute Gasteiger partial charge is 0.329 e. The van der Waals surface area contributed by atoms with Gasteiger partial charge in [-0.2, -0.15) is 0 Å². The van der Waals surface area contributed by atoms with E-state index in [1.54, 1.807) is 0 Å². The van der Waals surface area contributed by atoms with Crippen LogP contribution in [0.5, 0.6) is 0 Å². The lowest BCUT2D eigenvalue weighted by Crippen LogP contribution is -2.61. The zero-order valence-electron chi connectivity index (χ0n) is 11.3. The molecule has 108 valence electrons. The monoisotopic (exact) mass is 270 g/mol. The summed E-state index contributed by atoms with van der Waals surface area (Å²) in [6.07, 6.45) is 2.67. The van der Waals surface area contributed by atoms with Crippen LogP contribution in [0.25, 0.3) is 0 Å². The number of carboxylic acids is 1. The highest BCUT2D eigenvalue weighted by molar-refractivity contribution is 5.89. The molecule has 3 N–H and O–H groups in total. The molecule has 1 unspecified atom stereocenters. The predicted octanol–water partition coefficient (Wildman–Crippen LogP) is 0.125. The zero-order chi connectivity index (χ0) is 13.9. The van der Waals surface area contributed by atoms with E-state index in [-0.39, 0.29) is 5.91 Å². The normalized spacial score (nSPS) is 35.6. The number of hydrogen-bond donors (Lipinski definition) is 3. The number of aliphatic carboxylic acids is 1. The molecular weight excluding hydrogens is 248 g/mol. The van der Waals surface area contributed by atoms with Gasteiger partial charge >= 0.3 is 5.97 Å². The molecular formula is C13H22N2O4. The first-order chi connectivity index (χ1) is 9.03. The number of morpholine rings is 1. The minimum absolute atomic E-state index is 0.267. The van der Waals surface area contributed by atoms with Crippen molar-refractivity contribution in [1.29, 1.82) is 0 Å². The maximum Gasteiger partial charge on any atom is 0.329 e. The first-order valence-electron chi connectivity index (χ1n) is 6.90. The van der Waals surface area contributed by atoms with Gasteiger partial charge in [0.05, 0.1) is 13.2 Å². The number of amides is 1. The lowest BCUT2D eigenvalue weighted by atomic mass is 9.77. The third-order valence-corrected chi connectivity index (χ3v) is 4.14. The molecule has 19 heavy (non-hydrogen) atoms. The summed E-state index contributed by atoms with van der Waals surface area (Å²) >= 11 is 0. The summed E-state index contributed by atoms with van der Waals surface area (Å²) in [6.45, 7) is 3.63. The molecule has 0 aromatic carbocycles. The Morgan fingerprint density at radius 3 is 2.58 bits per heavy atom. The van der Waals surface area contributed by atoms with Gasteiger partial charge in [-0.1, -0.05) is 6.92 Å². The van der Waals surface area contributed by atoms with E-state index in [1.165, 1.54) is 0 Å². The summed E-state index contributed by atoms with van der Waals surface area (Å²) in [5, 5.41) is 15.2. The third-order valence-electron chi connectivity index (χ3n) is 4.14. The largest absolute Gasteiger partial charge is 0.480 e. The average molecular weight is 270 g/mol. The third kappa shape index (κ3) is 3.25. The number of ether oxygens (including phenoxy) is 1. The van der Waals surface area contributed by atoms with E-state index >= 15 is 0 Å². The lowest BCUT2D eigenvalue weighted by molar-refractivity contribution is -0.150. The van der Waals surface area contributed by atoms with Crippen LogP contribution in [0.1, 0.15) is 32.6 Å². The molecule has 2 aliphatic rings. The van der Waals surface area contributed by atoms with Crippen molar-refractivity contribution in [1.82, 2.24) is 10.6 Å². The molecule has 2 rings (SSSR count). The van der Waals surface area contributed by atoms with Gasteiger partial charge in [-0.3, -0.25) is 4.79 Å². The number of carbonyl (C=O) groups is 2. The SMILES string of the molecule is CC1CCC(NC(=O)C2COCCN2)(C(=O)O)CC1. The van der Waals surface area contributed by atoms with E-state index < -0.39 is 17.6 Å². The molecule has 1 heterocycles. The topological polar surface area (TPSA) is 87.7 Å². The van der Waals surface area contributed by atoms with Crippen molar-refractivity contribution in [3.8, 4) is 0 Å². The van der Waals surface area contributed by atoms with Gasteiger partial charge in [-0.15, -0.1) is 0 Å². The standard InChI is InChI=1S/C13H22N2O4/c1-9-2-4-13(5-3-9,12(17)18)15-11(16)10-8-19-7-6-14-10/h9-10,14H,2-8H2,1H3,(H,15,16)(H,17,18). The summed E-state index contributed by atoms with van der Waals surface area (Å²) in [7, 11) is 0. The zero-order valence-corrected chi connectivity index (χ0v) is 11.3. The fourth-order valence-corrected chi connectivity index (χ4v) is 2.70. The van der Waals surface area contributed by atoms with Crippen LogP contribution in [0.4, 0.5) is 0 Å². The molecule has 6 heteroatoms. The molecule has 1 saturated carbocycles. The molecule has 1 amide bonds. The molecule has 0 aromatic rings. The van der Waals surface area contributed by atoms with E-state index in [0.29, 0.717) is 38.5 Å². The van der Waals surface area contributed by atoms with Crippen molar-refractivity contribution >= 4 is 11.9 Å². The van der Waals surface area contributed by atoms with Crippen molar-refractivity contribution in [3.05, 3.63) is 0 Å². The second kappa shape index (κ2) is 5.88. The summed E-state index contributed by atoms with van der Waals surface area (Å²) in [5.74, 6) is -0.665. The van der Waals surface area contributed by atoms with Gasteiger partial charge in [-0.05, 0) is 31.6 Å². The van der Waals surface area contributed by atoms with Crippen LogP contribution in [-0.2, 0) is 14.3 Å². The van der Waals surface area contributed by atoms with E-state index in [0.717, 1.165) is 12.8 Å². The van der Waals surface area contributed by atoms with Crippen LogP contribution in [-0.4, -0.2) is 48.3 Å². The molecule has 2 fully saturated rings. The highest BCUT2D eigenvalue weighted by atomic mass is 16.5. The maximum absolute atomic E-state index is 12.1. The molecule has 0 radical (unpaired) electrons. The second-order valence-electron chi connectivity index (χ2n) is 5.64. The molecule has 1 atom stereocenters. The lowest BCUT2D eigenvalue weighted by Gasteiger charge is -2.37. The molecule has 1 aliphatic carbocycles. The van der Waals surface area contributed by atoms with Gasteiger partial charge in [0.2, 0.25) is 5.91 Å². The van der Waals surface area contributed by atoms with E-state index in [1.807, 2.05) is 0 Å². The summed E-state index contributed by atoms with van der Waals surface area (Å²) in [4.78, 5) is 23.7. The Hall–Kier alpha value is -1.14. The van der Waals surface area contributed by atoms with Crippen LogP contribution in [0.2, 0.25) is 0 Å². The first kappa shape index (κ1) is 14.3. The van der Waals surface area contributed by atoms with Crippen molar-refractivity contribution in [2.75, 3.05) is 19.8 Å². The molecule has 0 aromatic heterocycles. The van der Waals surface area contributed by atoms with Crippen LogP contribution < -0.4 is 10.6 Å². The highest BCUT2D eigenvalue weighted by Crippen LogP contribution is 2.32. The minimum Gasteiger partial charge on any atom is -0.480 e. The number of rotatable bonds is 3. The van der Waals surface area contributed by atoms with Crippen molar-refractivity contribution in [2.45, 2.75) is 44.2 Å². The number of hydrogen-bond acceptors (Lipinski definition) is 4. The van der Waals surface area contributed by atoms with E-state index in [4.69, 9.17) is 4.74 Å². The van der Waals surface area contributed by atoms with Gasteiger partial charge in [0, 0.05) is 6.54 Å². The van der Waals surface area contributed by atoms with E-state index in [9.17, 15) is 14.7 Å². The Kier molecular flexibility index (Phi) is 4.42. The number of carboxylic acid groups (broad SMARTS) is 1. The highest BCUT2D eigenvalue weighted by Gasteiger charge is 2.43. The van der Waals surface area contributed by atoms with Crippen molar-refractivity contribution in [3.63, 3.8) is 0 Å². The molecule has 6 nitrogen and oxygen atoms in total. The molecule has 1 saturated heterocycles. The summed E-state index contributed by atoms with van der Waals surface area (Å²) < 4.78 is 5.23. The van der Waals surface area contributed by atoms with Gasteiger partial charge in [0.25, 0.3) is 0 Å². The Labute approximate surface area is 112 Å². The van der Waals surface area contributed by atoms with E-state index in [2.05, 4.69) is 17.6 Å². The van der Waals surface area contributed by atoms with Gasteiger partial charge in [-0.25, -0.2) is 4.79 Å². The first-order valence-corrected chi connectivity index (χ1v) is 6.90. The van der Waals surface area contributed by atoms with Gasteiger partial charge < -0.3 is 20.5 Å². The number of carbonyl (C=O) groups excluding carboxylic acids is 1. The van der Waals surface area contributed by atoms with Crippen LogP contribution in [0.15, 0.2) is 0 Å². The van der Waals surface area contributed by atoms with Crippen LogP contribution in [0.3, 0.4) is 0 Å². The van der Waals surface area contributed by atoms with Gasteiger partial charge in [0.1, 0.15) is 11.6 Å². The Morgan fingerprint density at radius 2 is 2.05 bits per heavy atom. The molecule has 0 bridgehead atoms.